The number of nitrogens with zero attached hydrogens (tertiary/aromatic N) is 1. The van der Waals surface area contributed by atoms with Gasteiger partial charge >= 0.3 is 0 Å². The summed E-state index contributed by atoms with van der Waals surface area (Å²) < 4.78 is 0.879. The number of aryl methyl sites for hydroxylation is 3. The molecule has 0 bridgehead atoms. The Labute approximate surface area is 168 Å². The maximum Gasteiger partial charge on any atom is 0.255 e. The summed E-state index contributed by atoms with van der Waals surface area (Å²) in [5.41, 5.74) is 5.47. The van der Waals surface area contributed by atoms with E-state index in [0.717, 1.165) is 33.5 Å². The number of fused-ring (bicyclic) bond motifs is 1. The molecule has 6 heteroatoms. The van der Waals surface area contributed by atoms with Gasteiger partial charge in [-0.15, -0.1) is 0 Å². The Kier molecular flexibility index (Phi) is 4.67. The van der Waals surface area contributed by atoms with Gasteiger partial charge in [0.1, 0.15) is 0 Å². The Morgan fingerprint density at radius 2 is 1.75 bits per heavy atom. The number of benzene rings is 2. The Hall–Kier alpha value is -2.73. The first-order chi connectivity index (χ1) is 13.3. The van der Waals surface area contributed by atoms with E-state index in [1.165, 1.54) is 16.9 Å². The quantitative estimate of drug-likeness (QED) is 0.650. The summed E-state index contributed by atoms with van der Waals surface area (Å²) in [6, 6.07) is 9.54. The normalized spacial score (nSPS) is 18.1. The highest BCUT2D eigenvalue weighted by molar-refractivity contribution is 7.22. The fourth-order valence-electron chi connectivity index (χ4n) is 3.57. The largest absolute Gasteiger partial charge is 0.322 e. The Morgan fingerprint density at radius 3 is 2.39 bits per heavy atom. The van der Waals surface area contributed by atoms with E-state index in [9.17, 15) is 9.59 Å². The molecule has 4 rings (SSSR count). The molecule has 1 aromatic heterocycles. The Bertz CT molecular complexity index is 1080. The van der Waals surface area contributed by atoms with Crippen molar-refractivity contribution in [2.45, 2.75) is 34.1 Å². The highest BCUT2D eigenvalue weighted by atomic mass is 32.1. The van der Waals surface area contributed by atoms with Crippen LogP contribution >= 0.6 is 11.3 Å². The summed E-state index contributed by atoms with van der Waals surface area (Å²) in [4.78, 5) is 29.4. The number of carbonyl (C=O) groups excluding carboxylic acids is 2. The standard InChI is InChI=1S/C22H23N3O2S/c1-11-7-13(3)19(14(4)8-11)24-20(26)15-5-6-17-18(10-15)28-22(23-17)25-21(27)16-9-12(16)2/h5-8,10,12,16H,9H2,1-4H3,(H,24,26)(H,23,25,27). The first-order valence-corrected chi connectivity index (χ1v) is 10.2. The first-order valence-electron chi connectivity index (χ1n) is 9.42. The molecular formula is C22H23N3O2S. The van der Waals surface area contributed by atoms with Gasteiger partial charge in [-0.25, -0.2) is 4.98 Å². The molecule has 2 amide bonds. The summed E-state index contributed by atoms with van der Waals surface area (Å²) in [5.74, 6) is 0.449. The zero-order chi connectivity index (χ0) is 20.0. The molecule has 0 spiro atoms. The number of nitrogens with one attached hydrogen (secondary N) is 2. The summed E-state index contributed by atoms with van der Waals surface area (Å²) >= 11 is 1.40. The van der Waals surface area contributed by atoms with Crippen molar-refractivity contribution < 1.29 is 9.59 Å². The second-order valence-electron chi connectivity index (χ2n) is 7.74. The van der Waals surface area contributed by atoms with Crippen molar-refractivity contribution in [3.8, 4) is 0 Å². The molecule has 1 heterocycles. The Balaban J connectivity index is 1.54. The second kappa shape index (κ2) is 7.02. The summed E-state index contributed by atoms with van der Waals surface area (Å²) in [6.07, 6.45) is 0.943. The van der Waals surface area contributed by atoms with E-state index in [4.69, 9.17) is 0 Å². The van der Waals surface area contributed by atoms with Crippen LogP contribution in [0.4, 0.5) is 10.8 Å². The van der Waals surface area contributed by atoms with Gasteiger partial charge in [0.2, 0.25) is 5.91 Å². The van der Waals surface area contributed by atoms with E-state index >= 15 is 0 Å². The number of anilines is 2. The monoisotopic (exact) mass is 393 g/mol. The van der Waals surface area contributed by atoms with Crippen LogP contribution in [0.25, 0.3) is 10.2 Å². The highest BCUT2D eigenvalue weighted by Gasteiger charge is 2.39. The third-order valence-corrected chi connectivity index (χ3v) is 6.18. The minimum Gasteiger partial charge on any atom is -0.322 e. The van der Waals surface area contributed by atoms with Gasteiger partial charge in [0.15, 0.2) is 5.13 Å². The maximum atomic E-state index is 12.8. The average molecular weight is 394 g/mol. The summed E-state index contributed by atoms with van der Waals surface area (Å²) in [5, 5.41) is 6.51. The maximum absolute atomic E-state index is 12.8. The molecule has 28 heavy (non-hydrogen) atoms. The van der Waals surface area contributed by atoms with Crippen molar-refractivity contribution >= 4 is 44.2 Å². The van der Waals surface area contributed by atoms with E-state index in [1.807, 2.05) is 32.9 Å². The lowest BCUT2D eigenvalue weighted by Crippen LogP contribution is -2.14. The van der Waals surface area contributed by atoms with Gasteiger partial charge in [-0.2, -0.15) is 0 Å². The number of hydrogen-bond acceptors (Lipinski definition) is 4. The molecule has 1 aliphatic rings. The zero-order valence-corrected chi connectivity index (χ0v) is 17.2. The number of aromatic nitrogens is 1. The lowest BCUT2D eigenvalue weighted by Gasteiger charge is -2.12. The smallest absolute Gasteiger partial charge is 0.255 e. The van der Waals surface area contributed by atoms with E-state index in [2.05, 4.69) is 34.7 Å². The molecule has 0 saturated heterocycles. The van der Waals surface area contributed by atoms with Crippen LogP contribution in [-0.2, 0) is 4.79 Å². The molecule has 0 radical (unpaired) electrons. The fraction of sp³-hybridized carbons (Fsp3) is 0.318. The van der Waals surface area contributed by atoms with Crippen LogP contribution in [0.2, 0.25) is 0 Å². The van der Waals surface area contributed by atoms with Gasteiger partial charge in [-0.05, 0) is 62.4 Å². The number of thiazole rings is 1. The van der Waals surface area contributed by atoms with Crippen molar-refractivity contribution in [3.63, 3.8) is 0 Å². The second-order valence-corrected chi connectivity index (χ2v) is 8.77. The lowest BCUT2D eigenvalue weighted by molar-refractivity contribution is -0.117. The van der Waals surface area contributed by atoms with Gasteiger partial charge < -0.3 is 10.6 Å². The third kappa shape index (κ3) is 3.64. The molecule has 2 N–H and O–H groups in total. The molecular weight excluding hydrogens is 370 g/mol. The predicted molar refractivity (Wildman–Crippen MR) is 114 cm³/mol. The van der Waals surface area contributed by atoms with Crippen molar-refractivity contribution in [3.05, 3.63) is 52.6 Å². The highest BCUT2D eigenvalue weighted by Crippen LogP contribution is 2.39. The molecule has 2 atom stereocenters. The van der Waals surface area contributed by atoms with Crippen LogP contribution in [0, 0.1) is 32.6 Å². The average Bonchev–Trinajstić information content (AvgIpc) is 3.22. The van der Waals surface area contributed by atoms with E-state index in [0.29, 0.717) is 16.6 Å². The van der Waals surface area contributed by atoms with Crippen molar-refractivity contribution in [2.24, 2.45) is 11.8 Å². The van der Waals surface area contributed by atoms with Crippen molar-refractivity contribution in [2.75, 3.05) is 10.6 Å². The van der Waals surface area contributed by atoms with Crippen LogP contribution in [0.3, 0.4) is 0 Å². The number of rotatable bonds is 4. The molecule has 144 valence electrons. The Morgan fingerprint density at radius 1 is 1.07 bits per heavy atom. The van der Waals surface area contributed by atoms with Crippen LogP contribution in [0.5, 0.6) is 0 Å². The topological polar surface area (TPSA) is 71.1 Å². The summed E-state index contributed by atoms with van der Waals surface area (Å²) in [7, 11) is 0. The van der Waals surface area contributed by atoms with Crippen LogP contribution in [0.1, 0.15) is 40.4 Å². The minimum absolute atomic E-state index is 0.0369. The zero-order valence-electron chi connectivity index (χ0n) is 16.4. The molecule has 2 unspecified atom stereocenters. The SMILES string of the molecule is Cc1cc(C)c(NC(=O)c2ccc3nc(NC(=O)C4CC4C)sc3c2)c(C)c1. The number of carbonyl (C=O) groups is 2. The van der Waals surface area contributed by atoms with E-state index in [1.54, 1.807) is 6.07 Å². The van der Waals surface area contributed by atoms with E-state index < -0.39 is 0 Å². The summed E-state index contributed by atoms with van der Waals surface area (Å²) in [6.45, 7) is 8.11. The molecule has 0 aliphatic heterocycles. The van der Waals surface area contributed by atoms with Gasteiger partial charge in [-0.1, -0.05) is 36.0 Å². The number of amides is 2. The molecule has 1 aliphatic carbocycles. The lowest BCUT2D eigenvalue weighted by atomic mass is 10.0. The van der Waals surface area contributed by atoms with Crippen molar-refractivity contribution in [1.29, 1.82) is 0 Å². The van der Waals surface area contributed by atoms with Gasteiger partial charge in [0.05, 0.1) is 10.2 Å². The molecule has 5 nitrogen and oxygen atoms in total. The molecule has 2 aromatic carbocycles. The molecule has 1 fully saturated rings. The third-order valence-electron chi connectivity index (χ3n) is 5.24. The van der Waals surface area contributed by atoms with Gasteiger partial charge in [0.25, 0.3) is 5.91 Å². The van der Waals surface area contributed by atoms with Gasteiger partial charge in [0, 0.05) is 17.2 Å². The van der Waals surface area contributed by atoms with Gasteiger partial charge in [-0.3, -0.25) is 9.59 Å². The number of hydrogen-bond donors (Lipinski definition) is 2. The van der Waals surface area contributed by atoms with Crippen LogP contribution in [-0.4, -0.2) is 16.8 Å². The van der Waals surface area contributed by atoms with E-state index in [-0.39, 0.29) is 17.7 Å². The first kappa shape index (κ1) is 18.6. The molecule has 1 saturated carbocycles. The van der Waals surface area contributed by atoms with Crippen LogP contribution in [0.15, 0.2) is 30.3 Å². The fourth-order valence-corrected chi connectivity index (χ4v) is 4.48. The molecule has 3 aromatic rings. The predicted octanol–water partition coefficient (Wildman–Crippen LogP) is 5.07. The van der Waals surface area contributed by atoms with Crippen LogP contribution < -0.4 is 10.6 Å². The minimum atomic E-state index is -0.150. The van der Waals surface area contributed by atoms with Crippen molar-refractivity contribution in [1.82, 2.24) is 4.98 Å².